The van der Waals surface area contributed by atoms with Crippen LogP contribution in [0, 0.1) is 0 Å². The van der Waals surface area contributed by atoms with E-state index in [1.54, 1.807) is 0 Å². The predicted octanol–water partition coefficient (Wildman–Crippen LogP) is 12.0. The van der Waals surface area contributed by atoms with Gasteiger partial charge in [0.1, 0.15) is 0 Å². The second-order valence-corrected chi connectivity index (χ2v) is 12.7. The zero-order chi connectivity index (χ0) is 35.0. The second kappa shape index (κ2) is 13.1. The molecule has 1 aliphatic heterocycles. The number of hydrogen-bond acceptors (Lipinski definition) is 3. The SMILES string of the molecule is C=NC(=NC(=C)/C(C)=C(/C=C\C)c1ccc2c(c1)Oc1cc3c(cc1O2)-c1ccccc1C3(c1ccccc1)c1ccccc1)c1ccccc1. The molecule has 0 bridgehead atoms. The number of amidine groups is 1. The highest BCUT2D eigenvalue weighted by molar-refractivity contribution is 6.02. The topological polar surface area (TPSA) is 43.2 Å². The van der Waals surface area contributed by atoms with E-state index in [1.165, 1.54) is 22.3 Å². The van der Waals surface area contributed by atoms with Crippen LogP contribution in [-0.2, 0) is 5.41 Å². The summed E-state index contributed by atoms with van der Waals surface area (Å²) >= 11 is 0. The summed E-state index contributed by atoms with van der Waals surface area (Å²) in [5.74, 6) is 3.19. The molecule has 2 aliphatic rings. The summed E-state index contributed by atoms with van der Waals surface area (Å²) in [4.78, 5) is 8.96. The molecule has 6 aromatic rings. The van der Waals surface area contributed by atoms with Crippen molar-refractivity contribution in [2.24, 2.45) is 9.98 Å². The molecular weight excluding hydrogens is 625 g/mol. The largest absolute Gasteiger partial charge is 0.449 e. The molecule has 51 heavy (non-hydrogen) atoms. The van der Waals surface area contributed by atoms with Gasteiger partial charge in [0, 0.05) is 5.56 Å². The Morgan fingerprint density at radius 2 is 1.20 bits per heavy atom. The van der Waals surface area contributed by atoms with Gasteiger partial charge >= 0.3 is 0 Å². The van der Waals surface area contributed by atoms with E-state index >= 15 is 0 Å². The Labute approximate surface area is 299 Å². The van der Waals surface area contributed by atoms with Crippen LogP contribution >= 0.6 is 0 Å². The van der Waals surface area contributed by atoms with Gasteiger partial charge < -0.3 is 9.47 Å². The summed E-state index contributed by atoms with van der Waals surface area (Å²) in [6.45, 7) is 12.1. The smallest absolute Gasteiger partial charge is 0.170 e. The molecule has 0 fully saturated rings. The number of allylic oxidation sites excluding steroid dienone is 4. The minimum Gasteiger partial charge on any atom is -0.449 e. The fraction of sp³-hybridized carbons (Fsp3) is 0.0638. The Morgan fingerprint density at radius 3 is 1.86 bits per heavy atom. The highest BCUT2D eigenvalue weighted by Gasteiger charge is 2.47. The monoisotopic (exact) mass is 660 g/mol. The van der Waals surface area contributed by atoms with E-state index in [-0.39, 0.29) is 0 Å². The first kappa shape index (κ1) is 31.7. The maximum absolute atomic E-state index is 6.77. The molecule has 246 valence electrons. The Hall–Kier alpha value is -6.52. The summed E-state index contributed by atoms with van der Waals surface area (Å²) < 4.78 is 13.4. The molecule has 0 radical (unpaired) electrons. The van der Waals surface area contributed by atoms with E-state index in [0.29, 0.717) is 34.5 Å². The minimum absolute atomic E-state index is 0.523. The Bertz CT molecular complexity index is 2370. The molecule has 1 aliphatic carbocycles. The molecule has 4 nitrogen and oxygen atoms in total. The van der Waals surface area contributed by atoms with Gasteiger partial charge in [-0.1, -0.05) is 140 Å². The summed E-state index contributed by atoms with van der Waals surface area (Å²) in [5, 5.41) is 0. The quantitative estimate of drug-likeness (QED) is 0.0970. The molecule has 0 amide bonds. The summed E-state index contributed by atoms with van der Waals surface area (Å²) in [6, 6.07) is 50.4. The summed E-state index contributed by atoms with van der Waals surface area (Å²) in [5.41, 5.74) is 10.9. The van der Waals surface area contributed by atoms with Crippen LogP contribution < -0.4 is 9.47 Å². The van der Waals surface area contributed by atoms with Gasteiger partial charge in [-0.15, -0.1) is 0 Å². The number of hydrogen-bond donors (Lipinski definition) is 0. The molecule has 4 heteroatoms. The zero-order valence-corrected chi connectivity index (χ0v) is 28.6. The van der Waals surface area contributed by atoms with Crippen molar-refractivity contribution in [1.29, 1.82) is 0 Å². The van der Waals surface area contributed by atoms with Crippen LogP contribution in [0.5, 0.6) is 23.0 Å². The maximum atomic E-state index is 6.77. The average Bonchev–Trinajstić information content (AvgIpc) is 3.47. The van der Waals surface area contributed by atoms with E-state index in [2.05, 4.69) is 121 Å². The van der Waals surface area contributed by atoms with E-state index in [0.717, 1.165) is 33.4 Å². The van der Waals surface area contributed by atoms with Crippen LogP contribution in [0.4, 0.5) is 0 Å². The maximum Gasteiger partial charge on any atom is 0.170 e. The molecule has 0 saturated carbocycles. The van der Waals surface area contributed by atoms with E-state index in [4.69, 9.17) is 14.5 Å². The van der Waals surface area contributed by atoms with E-state index in [9.17, 15) is 0 Å². The first-order valence-electron chi connectivity index (χ1n) is 17.1. The van der Waals surface area contributed by atoms with Crippen molar-refractivity contribution in [3.8, 4) is 34.1 Å². The van der Waals surface area contributed by atoms with Gasteiger partial charge in [-0.05, 0) is 94.9 Å². The summed E-state index contributed by atoms with van der Waals surface area (Å²) in [7, 11) is 0. The highest BCUT2D eigenvalue weighted by atomic mass is 16.6. The van der Waals surface area contributed by atoms with Gasteiger partial charge in [0.25, 0.3) is 0 Å². The molecule has 0 atom stereocenters. The third-order valence-corrected chi connectivity index (χ3v) is 9.81. The number of rotatable bonds is 7. The van der Waals surface area contributed by atoms with E-state index in [1.807, 2.05) is 68.5 Å². The fourth-order valence-electron chi connectivity index (χ4n) is 7.43. The fourth-order valence-corrected chi connectivity index (χ4v) is 7.43. The Kier molecular flexibility index (Phi) is 8.13. The molecule has 8 rings (SSSR count). The standard InChI is InChI=1S/C47H36N2O2/c1-5-17-37(31(2)32(3)49-46(48-4)33-18-9-6-10-19-33)34-26-27-42-43(28-34)51-45-30-41-39(29-44(45)50-42)38-24-15-16-25-40(38)47(41,35-20-11-7-12-21-35)36-22-13-8-14-23-36/h5-30H,3-4H2,1-2H3/b17-5-,37-31-,49-46?. The van der Waals surface area contributed by atoms with Gasteiger partial charge in [-0.2, -0.15) is 0 Å². The zero-order valence-electron chi connectivity index (χ0n) is 28.6. The van der Waals surface area contributed by atoms with Crippen LogP contribution in [0.25, 0.3) is 16.7 Å². The number of nitrogens with zero attached hydrogens (tertiary/aromatic N) is 2. The van der Waals surface area contributed by atoms with Gasteiger partial charge in [0.05, 0.1) is 11.1 Å². The third kappa shape index (κ3) is 5.33. The summed E-state index contributed by atoms with van der Waals surface area (Å²) in [6.07, 6.45) is 4.08. The van der Waals surface area contributed by atoms with Crippen LogP contribution in [0.15, 0.2) is 186 Å². The first-order valence-corrected chi connectivity index (χ1v) is 17.1. The van der Waals surface area contributed by atoms with E-state index < -0.39 is 5.41 Å². The number of fused-ring (bicyclic) bond motifs is 5. The molecule has 0 spiro atoms. The number of ether oxygens (including phenoxy) is 2. The Balaban J connectivity index is 1.23. The number of benzene rings is 6. The van der Waals surface area contributed by atoms with Crippen molar-refractivity contribution in [2.75, 3.05) is 0 Å². The van der Waals surface area contributed by atoms with Crippen molar-refractivity contribution in [3.05, 3.63) is 209 Å². The highest BCUT2D eigenvalue weighted by Crippen LogP contribution is 2.59. The number of aliphatic imine (C=N–C) groups is 2. The van der Waals surface area contributed by atoms with Crippen LogP contribution in [0.2, 0.25) is 0 Å². The molecular formula is C47H36N2O2. The Morgan fingerprint density at radius 1 is 0.608 bits per heavy atom. The van der Waals surface area contributed by atoms with Crippen molar-refractivity contribution in [1.82, 2.24) is 0 Å². The molecule has 6 aromatic carbocycles. The van der Waals surface area contributed by atoms with Crippen molar-refractivity contribution in [3.63, 3.8) is 0 Å². The van der Waals surface area contributed by atoms with Crippen LogP contribution in [0.1, 0.15) is 47.2 Å². The van der Waals surface area contributed by atoms with Gasteiger partial charge in [-0.3, -0.25) is 0 Å². The lowest BCUT2D eigenvalue weighted by atomic mass is 9.67. The third-order valence-electron chi connectivity index (χ3n) is 9.81. The van der Waals surface area contributed by atoms with Crippen LogP contribution in [0.3, 0.4) is 0 Å². The lowest BCUT2D eigenvalue weighted by molar-refractivity contribution is 0.359. The normalized spacial score (nSPS) is 14.3. The molecule has 0 saturated heterocycles. The second-order valence-electron chi connectivity index (χ2n) is 12.7. The first-order chi connectivity index (χ1) is 25.0. The van der Waals surface area contributed by atoms with Gasteiger partial charge in [0.15, 0.2) is 28.8 Å². The minimum atomic E-state index is -0.534. The van der Waals surface area contributed by atoms with Crippen molar-refractivity contribution < 1.29 is 9.47 Å². The van der Waals surface area contributed by atoms with Gasteiger partial charge in [0.2, 0.25) is 0 Å². The van der Waals surface area contributed by atoms with Crippen molar-refractivity contribution in [2.45, 2.75) is 19.3 Å². The molecule has 0 aromatic heterocycles. The molecule has 0 N–H and O–H groups in total. The predicted molar refractivity (Wildman–Crippen MR) is 209 cm³/mol. The van der Waals surface area contributed by atoms with Crippen LogP contribution in [-0.4, -0.2) is 12.6 Å². The van der Waals surface area contributed by atoms with Crippen molar-refractivity contribution >= 4 is 18.1 Å². The van der Waals surface area contributed by atoms with Gasteiger partial charge in [-0.25, -0.2) is 9.98 Å². The lowest BCUT2D eigenvalue weighted by Crippen LogP contribution is -2.28. The molecule has 0 unspecified atom stereocenters. The molecule has 1 heterocycles. The lowest BCUT2D eigenvalue weighted by Gasteiger charge is -2.34. The average molecular weight is 661 g/mol.